The molecule has 0 radical (unpaired) electrons. The minimum Gasteiger partial charge on any atom is -0.344 e. The maximum absolute atomic E-state index is 12.9. The molecule has 0 saturated heterocycles. The number of carbonyl (C=O) groups is 1. The van der Waals surface area contributed by atoms with E-state index in [-0.39, 0.29) is 11.3 Å². The number of carbonyl (C=O) groups excluding carboxylic acids is 1. The second-order valence-electron chi connectivity index (χ2n) is 6.48. The topological polar surface area (TPSA) is 86.0 Å². The molecule has 0 saturated carbocycles. The molecule has 0 bridgehead atoms. The molecule has 2 aromatic rings. The number of fused-ring (bicyclic) bond motifs is 1. The Labute approximate surface area is 143 Å². The summed E-state index contributed by atoms with van der Waals surface area (Å²) >= 11 is 0. The minimum absolute atomic E-state index is 0.0529. The molecule has 128 valence electrons. The molecule has 1 aliphatic carbocycles. The summed E-state index contributed by atoms with van der Waals surface area (Å²) in [5, 5.41) is 3.20. The lowest BCUT2D eigenvalue weighted by atomic mass is 9.77. The molecule has 7 nitrogen and oxygen atoms in total. The predicted molar refractivity (Wildman–Crippen MR) is 92.5 cm³/mol. The molecule has 2 aliphatic rings. The second kappa shape index (κ2) is 5.54. The summed E-state index contributed by atoms with van der Waals surface area (Å²) in [6, 6.07) is 3.63. The minimum atomic E-state index is -0.479. The van der Waals surface area contributed by atoms with E-state index in [4.69, 9.17) is 0 Å². The van der Waals surface area contributed by atoms with E-state index < -0.39 is 11.6 Å². The fourth-order valence-electron chi connectivity index (χ4n) is 3.79. The summed E-state index contributed by atoms with van der Waals surface area (Å²) in [6.45, 7) is 0. The van der Waals surface area contributed by atoms with E-state index in [0.717, 1.165) is 28.7 Å². The van der Waals surface area contributed by atoms with Gasteiger partial charge in [0.2, 0.25) is 0 Å². The summed E-state index contributed by atoms with van der Waals surface area (Å²) in [5.74, 6) is 0.0491. The highest BCUT2D eigenvalue weighted by Gasteiger charge is 2.38. The van der Waals surface area contributed by atoms with Crippen molar-refractivity contribution in [1.29, 1.82) is 0 Å². The number of nitrogens with zero attached hydrogens (tertiary/aromatic N) is 3. The molecule has 0 fully saturated rings. The lowest BCUT2D eigenvalue weighted by Crippen LogP contribution is -2.44. The van der Waals surface area contributed by atoms with Gasteiger partial charge >= 0.3 is 5.69 Å². The zero-order chi connectivity index (χ0) is 17.7. The first-order valence-corrected chi connectivity index (χ1v) is 8.23. The van der Waals surface area contributed by atoms with Gasteiger partial charge in [-0.2, -0.15) is 0 Å². The number of pyridine rings is 1. The van der Waals surface area contributed by atoms with Gasteiger partial charge in [-0.1, -0.05) is 0 Å². The molecule has 3 heterocycles. The smallest absolute Gasteiger partial charge is 0.332 e. The third-order valence-corrected chi connectivity index (χ3v) is 5.04. The average molecular weight is 338 g/mol. The van der Waals surface area contributed by atoms with Gasteiger partial charge in [-0.3, -0.25) is 23.7 Å². The van der Waals surface area contributed by atoms with Crippen LogP contribution in [-0.2, 0) is 18.9 Å². The fourth-order valence-corrected chi connectivity index (χ4v) is 3.79. The van der Waals surface area contributed by atoms with Crippen LogP contribution in [-0.4, -0.2) is 19.9 Å². The van der Waals surface area contributed by atoms with Crippen LogP contribution in [0.2, 0.25) is 0 Å². The van der Waals surface area contributed by atoms with Crippen molar-refractivity contribution in [2.75, 3.05) is 5.32 Å². The predicted octanol–water partition coefficient (Wildman–Crippen LogP) is 1.04. The van der Waals surface area contributed by atoms with Crippen molar-refractivity contribution in [3.63, 3.8) is 0 Å². The summed E-state index contributed by atoms with van der Waals surface area (Å²) in [4.78, 5) is 41.9. The molecule has 7 heteroatoms. The Hall–Kier alpha value is -2.96. The van der Waals surface area contributed by atoms with Crippen molar-refractivity contribution in [2.24, 2.45) is 14.1 Å². The zero-order valence-electron chi connectivity index (χ0n) is 14.1. The molecular formula is C18H18N4O3. The van der Waals surface area contributed by atoms with Gasteiger partial charge in [-0.05, 0) is 30.5 Å². The summed E-state index contributed by atoms with van der Waals surface area (Å²) in [7, 11) is 3.09. The monoisotopic (exact) mass is 338 g/mol. The lowest BCUT2D eigenvalue weighted by molar-refractivity contribution is -0.116. The number of allylic oxidation sites excluding steroid dienone is 2. The maximum atomic E-state index is 12.9. The Morgan fingerprint density at radius 3 is 2.52 bits per heavy atom. The molecule has 0 unspecified atom stereocenters. The number of anilines is 1. The van der Waals surface area contributed by atoms with Crippen LogP contribution >= 0.6 is 0 Å². The van der Waals surface area contributed by atoms with Crippen molar-refractivity contribution in [1.82, 2.24) is 14.1 Å². The first kappa shape index (κ1) is 15.6. The van der Waals surface area contributed by atoms with Crippen molar-refractivity contribution in [3.05, 3.63) is 67.8 Å². The van der Waals surface area contributed by atoms with Crippen LogP contribution in [0, 0.1) is 0 Å². The number of aromatic nitrogens is 3. The van der Waals surface area contributed by atoms with Gasteiger partial charge in [-0.15, -0.1) is 0 Å². The summed E-state index contributed by atoms with van der Waals surface area (Å²) in [6.07, 6.45) is 5.27. The third-order valence-electron chi connectivity index (χ3n) is 5.04. The number of nitrogens with one attached hydrogen (secondary N) is 1. The van der Waals surface area contributed by atoms with E-state index in [1.54, 1.807) is 19.4 Å². The van der Waals surface area contributed by atoms with E-state index in [1.807, 2.05) is 12.1 Å². The molecule has 1 N–H and O–H groups in total. The van der Waals surface area contributed by atoms with E-state index in [9.17, 15) is 14.4 Å². The molecule has 25 heavy (non-hydrogen) atoms. The van der Waals surface area contributed by atoms with Crippen molar-refractivity contribution < 1.29 is 4.79 Å². The van der Waals surface area contributed by atoms with Gasteiger partial charge in [0, 0.05) is 50.1 Å². The first-order chi connectivity index (χ1) is 12.0. The third kappa shape index (κ3) is 2.19. The van der Waals surface area contributed by atoms with E-state index >= 15 is 0 Å². The van der Waals surface area contributed by atoms with Crippen LogP contribution in [0.5, 0.6) is 0 Å². The maximum Gasteiger partial charge on any atom is 0.332 e. The number of Topliss-reactive ketones (excluding diaryl/α,β-unsaturated/α-hetero) is 1. The Kier molecular flexibility index (Phi) is 3.45. The summed E-state index contributed by atoms with van der Waals surface area (Å²) in [5.41, 5.74) is 1.95. The van der Waals surface area contributed by atoms with Crippen LogP contribution in [0.25, 0.3) is 0 Å². The van der Waals surface area contributed by atoms with Crippen LogP contribution in [0.4, 0.5) is 5.82 Å². The van der Waals surface area contributed by atoms with Gasteiger partial charge in [0.25, 0.3) is 5.56 Å². The number of ketones is 1. The Bertz CT molecular complexity index is 1030. The first-order valence-electron chi connectivity index (χ1n) is 8.23. The Balaban J connectivity index is 2.10. The van der Waals surface area contributed by atoms with Gasteiger partial charge in [0.15, 0.2) is 5.78 Å². The average Bonchev–Trinajstić information content (AvgIpc) is 2.64. The second-order valence-corrected chi connectivity index (χ2v) is 6.48. The quantitative estimate of drug-likeness (QED) is 0.840. The van der Waals surface area contributed by atoms with Crippen LogP contribution < -0.4 is 16.6 Å². The Morgan fingerprint density at radius 1 is 1.08 bits per heavy atom. The van der Waals surface area contributed by atoms with Crippen LogP contribution in [0.1, 0.15) is 36.3 Å². The van der Waals surface area contributed by atoms with E-state index in [2.05, 4.69) is 10.3 Å². The molecule has 4 rings (SSSR count). The zero-order valence-corrected chi connectivity index (χ0v) is 14.1. The highest BCUT2D eigenvalue weighted by atomic mass is 16.2. The highest BCUT2D eigenvalue weighted by Crippen LogP contribution is 2.43. The van der Waals surface area contributed by atoms with Crippen molar-refractivity contribution in [3.8, 4) is 0 Å². The number of rotatable bonds is 1. The Morgan fingerprint density at radius 2 is 1.80 bits per heavy atom. The normalized spacial score (nSPS) is 19.3. The van der Waals surface area contributed by atoms with Gasteiger partial charge in [0.05, 0.1) is 5.56 Å². The number of hydrogen-bond acceptors (Lipinski definition) is 5. The van der Waals surface area contributed by atoms with Crippen molar-refractivity contribution in [2.45, 2.75) is 25.2 Å². The largest absolute Gasteiger partial charge is 0.344 e. The van der Waals surface area contributed by atoms with E-state index in [0.29, 0.717) is 23.4 Å². The standard InChI is InChI=1S/C18H18N4O3/c1-21-16-15(17(24)22(2)18(21)25)13(10-6-8-19-9-7-10)14-11(20-16)4-3-5-12(14)23/h6-9,13,20H,3-5H2,1-2H3/t13-/m1/s1. The highest BCUT2D eigenvalue weighted by molar-refractivity contribution is 6.00. The molecule has 0 amide bonds. The summed E-state index contributed by atoms with van der Waals surface area (Å²) < 4.78 is 2.53. The molecule has 0 spiro atoms. The molecule has 2 aromatic heterocycles. The molecular weight excluding hydrogens is 320 g/mol. The SMILES string of the molecule is Cn1c2c(c(=O)n(C)c1=O)[C@H](c1ccncc1)C1=C(CCCC1=O)N2. The van der Waals surface area contributed by atoms with Gasteiger partial charge in [-0.25, -0.2) is 4.79 Å². The number of hydrogen-bond donors (Lipinski definition) is 1. The molecule has 1 aliphatic heterocycles. The van der Waals surface area contributed by atoms with Crippen LogP contribution in [0.3, 0.4) is 0 Å². The van der Waals surface area contributed by atoms with E-state index in [1.165, 1.54) is 11.6 Å². The lowest BCUT2D eigenvalue weighted by Gasteiger charge is -2.34. The van der Waals surface area contributed by atoms with Crippen LogP contribution in [0.15, 0.2) is 45.4 Å². The van der Waals surface area contributed by atoms with Crippen molar-refractivity contribution >= 4 is 11.6 Å². The molecule has 0 aromatic carbocycles. The van der Waals surface area contributed by atoms with Gasteiger partial charge in [0.1, 0.15) is 5.82 Å². The fraction of sp³-hybridized carbons (Fsp3) is 0.333. The molecule has 1 atom stereocenters. The van der Waals surface area contributed by atoms with Gasteiger partial charge < -0.3 is 5.32 Å².